The first-order valence-electron chi connectivity index (χ1n) is 10.3. The van der Waals surface area contributed by atoms with Gasteiger partial charge in [0.05, 0.1) is 12.1 Å². The number of piperidine rings is 1. The lowest BCUT2D eigenvalue weighted by Gasteiger charge is -2.25. The van der Waals surface area contributed by atoms with Crippen molar-refractivity contribution >= 4 is 34.8 Å². The van der Waals surface area contributed by atoms with E-state index in [1.165, 1.54) is 6.42 Å². The molecule has 2 aromatic carbocycles. The second kappa shape index (κ2) is 9.02. The van der Waals surface area contributed by atoms with E-state index in [0.717, 1.165) is 59.3 Å². The van der Waals surface area contributed by atoms with Gasteiger partial charge in [0.15, 0.2) is 5.78 Å². The van der Waals surface area contributed by atoms with Gasteiger partial charge in [0.25, 0.3) is 6.47 Å². The highest BCUT2D eigenvalue weighted by atomic mass is 35.5. The Kier molecular flexibility index (Phi) is 6.21. The van der Waals surface area contributed by atoms with Crippen LogP contribution in [0, 0.1) is 6.92 Å². The molecule has 0 amide bonds. The summed E-state index contributed by atoms with van der Waals surface area (Å²) in [6.45, 7) is 5.03. The molecule has 6 heteroatoms. The maximum atomic E-state index is 13.4. The van der Waals surface area contributed by atoms with Crippen LogP contribution in [0.3, 0.4) is 0 Å². The molecule has 0 aliphatic carbocycles. The van der Waals surface area contributed by atoms with Gasteiger partial charge in [0.1, 0.15) is 6.61 Å². The Morgan fingerprint density at radius 2 is 1.83 bits per heavy atom. The van der Waals surface area contributed by atoms with Crippen molar-refractivity contribution in [1.82, 2.24) is 9.47 Å². The highest BCUT2D eigenvalue weighted by Gasteiger charge is 2.23. The number of halogens is 1. The Labute approximate surface area is 181 Å². The number of aromatic nitrogens is 1. The number of carbonyl (C=O) groups excluding carboxylic acids is 2. The number of carbonyl (C=O) groups is 2. The topological polar surface area (TPSA) is 51.5 Å². The first kappa shape index (κ1) is 20.6. The van der Waals surface area contributed by atoms with Crippen LogP contribution in [-0.2, 0) is 16.1 Å². The molecule has 0 N–H and O–H groups in total. The van der Waals surface area contributed by atoms with Gasteiger partial charge >= 0.3 is 0 Å². The molecular formula is C24H25ClN2O3. The summed E-state index contributed by atoms with van der Waals surface area (Å²) in [5.41, 5.74) is 4.39. The molecule has 0 spiro atoms. The summed E-state index contributed by atoms with van der Waals surface area (Å²) in [4.78, 5) is 26.2. The van der Waals surface area contributed by atoms with E-state index >= 15 is 0 Å². The van der Waals surface area contributed by atoms with Crippen molar-refractivity contribution in [2.24, 2.45) is 0 Å². The lowest BCUT2D eigenvalue weighted by atomic mass is 10.0. The van der Waals surface area contributed by atoms with Crippen LogP contribution in [0.15, 0.2) is 42.5 Å². The average molecular weight is 425 g/mol. The van der Waals surface area contributed by atoms with Gasteiger partial charge in [-0.3, -0.25) is 14.5 Å². The van der Waals surface area contributed by atoms with Crippen molar-refractivity contribution in [2.45, 2.75) is 32.8 Å². The van der Waals surface area contributed by atoms with Gasteiger partial charge in [0.2, 0.25) is 0 Å². The summed E-state index contributed by atoms with van der Waals surface area (Å²) in [6.07, 6.45) is 3.54. The van der Waals surface area contributed by atoms with E-state index in [1.807, 2.05) is 49.4 Å². The highest BCUT2D eigenvalue weighted by Crippen LogP contribution is 2.31. The molecule has 0 saturated carbocycles. The average Bonchev–Trinajstić information content (AvgIpc) is 3.05. The van der Waals surface area contributed by atoms with Crippen LogP contribution in [0.4, 0.5) is 0 Å². The van der Waals surface area contributed by atoms with Crippen molar-refractivity contribution in [3.8, 4) is 5.69 Å². The molecule has 0 unspecified atom stereocenters. The molecule has 1 aliphatic heterocycles. The zero-order valence-corrected chi connectivity index (χ0v) is 17.8. The van der Waals surface area contributed by atoms with Crippen LogP contribution in [0.25, 0.3) is 16.6 Å². The molecule has 0 bridgehead atoms. The van der Waals surface area contributed by atoms with Crippen molar-refractivity contribution in [1.29, 1.82) is 0 Å². The van der Waals surface area contributed by atoms with Gasteiger partial charge in [-0.2, -0.15) is 0 Å². The first-order chi connectivity index (χ1) is 14.6. The zero-order valence-electron chi connectivity index (χ0n) is 17.1. The van der Waals surface area contributed by atoms with Crippen LogP contribution in [0.5, 0.6) is 0 Å². The zero-order chi connectivity index (χ0) is 21.1. The molecule has 2 heterocycles. The molecule has 1 aliphatic rings. The first-order valence-corrected chi connectivity index (χ1v) is 10.7. The summed E-state index contributed by atoms with van der Waals surface area (Å²) in [6, 6.07) is 13.4. The molecular weight excluding hydrogens is 400 g/mol. The second-order valence-electron chi connectivity index (χ2n) is 7.79. The van der Waals surface area contributed by atoms with Crippen molar-refractivity contribution in [2.75, 3.05) is 19.6 Å². The maximum absolute atomic E-state index is 13.4. The molecule has 3 aromatic rings. The third-order valence-electron chi connectivity index (χ3n) is 5.77. The molecule has 4 rings (SSSR count). The third-order valence-corrected chi connectivity index (χ3v) is 6.02. The SMILES string of the molecule is Cc1c(C(=O)CN2CCCCC2)c2ccc(COC=O)cc2n1-c1ccc(Cl)cc1. The third kappa shape index (κ3) is 4.13. The predicted molar refractivity (Wildman–Crippen MR) is 118 cm³/mol. The molecule has 0 atom stereocenters. The molecule has 156 valence electrons. The number of fused-ring (bicyclic) bond motifs is 1. The lowest BCUT2D eigenvalue weighted by Crippen LogP contribution is -2.34. The Morgan fingerprint density at radius 1 is 1.10 bits per heavy atom. The van der Waals surface area contributed by atoms with Gasteiger partial charge in [-0.15, -0.1) is 0 Å². The van der Waals surface area contributed by atoms with Crippen LogP contribution >= 0.6 is 11.6 Å². The molecule has 1 saturated heterocycles. The summed E-state index contributed by atoms with van der Waals surface area (Å²) < 4.78 is 7.02. The number of hydrogen-bond acceptors (Lipinski definition) is 4. The Hall–Kier alpha value is -2.63. The van der Waals surface area contributed by atoms with Crippen molar-refractivity contribution in [3.63, 3.8) is 0 Å². The number of nitrogens with zero attached hydrogens (tertiary/aromatic N) is 2. The van der Waals surface area contributed by atoms with Crippen LogP contribution in [0.2, 0.25) is 5.02 Å². The molecule has 1 fully saturated rings. The summed E-state index contributed by atoms with van der Waals surface area (Å²) in [7, 11) is 0. The van der Waals surface area contributed by atoms with E-state index in [-0.39, 0.29) is 12.4 Å². The monoisotopic (exact) mass is 424 g/mol. The minimum absolute atomic E-state index is 0.143. The van der Waals surface area contributed by atoms with Gasteiger partial charge < -0.3 is 9.30 Å². The van der Waals surface area contributed by atoms with E-state index in [2.05, 4.69) is 9.47 Å². The van der Waals surface area contributed by atoms with E-state index in [9.17, 15) is 9.59 Å². The Morgan fingerprint density at radius 3 is 2.53 bits per heavy atom. The summed E-state index contributed by atoms with van der Waals surface area (Å²) >= 11 is 6.09. The standard InChI is InChI=1S/C24H25ClN2O3/c1-17-24(23(29)14-26-11-3-2-4-12-26)21-10-5-18(15-30-16-28)13-22(21)27(17)20-8-6-19(25)7-9-20/h5-10,13,16H,2-4,11-12,14-15H2,1H3. The second-order valence-corrected chi connectivity index (χ2v) is 8.23. The van der Waals surface area contributed by atoms with Crippen LogP contribution < -0.4 is 0 Å². The minimum Gasteiger partial charge on any atom is -0.463 e. The van der Waals surface area contributed by atoms with Crippen LogP contribution in [0.1, 0.15) is 40.9 Å². The van der Waals surface area contributed by atoms with E-state index in [0.29, 0.717) is 18.0 Å². The molecule has 5 nitrogen and oxygen atoms in total. The fourth-order valence-corrected chi connectivity index (χ4v) is 4.48. The Balaban J connectivity index is 1.81. The smallest absolute Gasteiger partial charge is 0.293 e. The molecule has 0 radical (unpaired) electrons. The van der Waals surface area contributed by atoms with Gasteiger partial charge in [-0.05, 0) is 68.8 Å². The van der Waals surface area contributed by atoms with Crippen molar-refractivity contribution in [3.05, 3.63) is 64.3 Å². The number of ether oxygens (including phenoxy) is 1. The fraction of sp³-hybridized carbons (Fsp3) is 0.333. The number of benzene rings is 2. The van der Waals surface area contributed by atoms with Crippen molar-refractivity contribution < 1.29 is 14.3 Å². The van der Waals surface area contributed by atoms with Gasteiger partial charge in [-0.1, -0.05) is 30.2 Å². The molecule has 30 heavy (non-hydrogen) atoms. The quantitative estimate of drug-likeness (QED) is 0.398. The van der Waals surface area contributed by atoms with E-state index in [4.69, 9.17) is 16.3 Å². The van der Waals surface area contributed by atoms with Crippen LogP contribution in [-0.4, -0.2) is 41.4 Å². The van der Waals surface area contributed by atoms with E-state index < -0.39 is 0 Å². The lowest BCUT2D eigenvalue weighted by molar-refractivity contribution is -0.129. The molecule has 1 aromatic heterocycles. The minimum atomic E-state index is 0.143. The van der Waals surface area contributed by atoms with Gasteiger partial charge in [-0.25, -0.2) is 0 Å². The number of Topliss-reactive ketones (excluding diaryl/α,β-unsaturated/α-hetero) is 1. The van der Waals surface area contributed by atoms with Gasteiger partial charge in [0, 0.05) is 27.4 Å². The fourth-order valence-electron chi connectivity index (χ4n) is 4.36. The number of ketones is 1. The summed E-state index contributed by atoms with van der Waals surface area (Å²) in [5.74, 6) is 0.143. The Bertz CT molecular complexity index is 1070. The predicted octanol–water partition coefficient (Wildman–Crippen LogP) is 4.93. The summed E-state index contributed by atoms with van der Waals surface area (Å²) in [5, 5.41) is 1.58. The maximum Gasteiger partial charge on any atom is 0.293 e. The number of likely N-dealkylation sites (tertiary alicyclic amines) is 1. The normalized spacial score (nSPS) is 14.7. The number of hydrogen-bond donors (Lipinski definition) is 0. The number of rotatable bonds is 7. The largest absolute Gasteiger partial charge is 0.463 e. The van der Waals surface area contributed by atoms with E-state index in [1.54, 1.807) is 0 Å². The highest BCUT2D eigenvalue weighted by molar-refractivity contribution is 6.30.